The topological polar surface area (TPSA) is 44.5 Å². The van der Waals surface area contributed by atoms with Crippen molar-refractivity contribution < 1.29 is 9.47 Å². The molecule has 1 aromatic rings. The lowest BCUT2D eigenvalue weighted by Gasteiger charge is -2.22. The minimum Gasteiger partial charge on any atom is -0.493 e. The summed E-state index contributed by atoms with van der Waals surface area (Å²) in [6.45, 7) is 7.02. The maximum atomic E-state index is 5.50. The molecule has 0 amide bonds. The Morgan fingerprint density at radius 2 is 1.83 bits per heavy atom. The van der Waals surface area contributed by atoms with Crippen LogP contribution in [-0.4, -0.2) is 20.8 Å². The van der Waals surface area contributed by atoms with E-state index < -0.39 is 0 Å². The standard InChI is InChI=1S/C15H23NO2/c1-15(2,3)12-9-11(7-6-8-16)14(18-5)13(10-12)17-4/h6-7,9-10H,8,16H2,1-5H3/b7-6+. The molecule has 0 unspecified atom stereocenters. The fourth-order valence-electron chi connectivity index (χ4n) is 1.75. The fraction of sp³-hybridized carbons (Fsp3) is 0.467. The van der Waals surface area contributed by atoms with Crippen LogP contribution in [0.25, 0.3) is 6.08 Å². The molecule has 0 saturated heterocycles. The van der Waals surface area contributed by atoms with Crippen molar-refractivity contribution >= 4 is 6.08 Å². The van der Waals surface area contributed by atoms with Crippen LogP contribution in [0.2, 0.25) is 0 Å². The Morgan fingerprint density at radius 3 is 2.28 bits per heavy atom. The van der Waals surface area contributed by atoms with Crippen LogP contribution in [0.1, 0.15) is 31.9 Å². The quantitative estimate of drug-likeness (QED) is 0.892. The average molecular weight is 249 g/mol. The number of hydrogen-bond acceptors (Lipinski definition) is 3. The molecule has 0 fully saturated rings. The largest absolute Gasteiger partial charge is 0.493 e. The van der Waals surface area contributed by atoms with Gasteiger partial charge >= 0.3 is 0 Å². The van der Waals surface area contributed by atoms with E-state index in [0.29, 0.717) is 6.54 Å². The zero-order valence-electron chi connectivity index (χ0n) is 11.9. The van der Waals surface area contributed by atoms with Crippen LogP contribution in [0.3, 0.4) is 0 Å². The first kappa shape index (κ1) is 14.6. The van der Waals surface area contributed by atoms with Crippen molar-refractivity contribution in [3.63, 3.8) is 0 Å². The van der Waals surface area contributed by atoms with E-state index in [0.717, 1.165) is 17.1 Å². The van der Waals surface area contributed by atoms with Crippen LogP contribution in [0, 0.1) is 0 Å². The van der Waals surface area contributed by atoms with Crippen LogP contribution in [-0.2, 0) is 5.41 Å². The SMILES string of the molecule is COc1cc(C(C)(C)C)cc(/C=C/CN)c1OC. The molecule has 3 heteroatoms. The zero-order chi connectivity index (χ0) is 13.8. The third-order valence-corrected chi connectivity index (χ3v) is 2.81. The third-order valence-electron chi connectivity index (χ3n) is 2.81. The van der Waals surface area contributed by atoms with Gasteiger partial charge in [0.25, 0.3) is 0 Å². The highest BCUT2D eigenvalue weighted by molar-refractivity contribution is 5.64. The van der Waals surface area contributed by atoms with Crippen molar-refractivity contribution in [2.75, 3.05) is 20.8 Å². The molecule has 0 heterocycles. The van der Waals surface area contributed by atoms with Crippen molar-refractivity contribution in [3.8, 4) is 11.5 Å². The number of hydrogen-bond donors (Lipinski definition) is 1. The molecule has 0 aliphatic rings. The Bertz CT molecular complexity index is 431. The predicted octanol–water partition coefficient (Wildman–Crippen LogP) is 2.97. The molecule has 0 saturated carbocycles. The Morgan fingerprint density at radius 1 is 1.17 bits per heavy atom. The van der Waals surface area contributed by atoms with Crippen LogP contribution in [0.15, 0.2) is 18.2 Å². The molecule has 0 aromatic heterocycles. The first-order valence-corrected chi connectivity index (χ1v) is 6.07. The fourth-order valence-corrected chi connectivity index (χ4v) is 1.75. The summed E-state index contributed by atoms with van der Waals surface area (Å²) in [6.07, 6.45) is 3.88. The summed E-state index contributed by atoms with van der Waals surface area (Å²) >= 11 is 0. The molecule has 2 N–H and O–H groups in total. The summed E-state index contributed by atoms with van der Waals surface area (Å²) in [5.74, 6) is 1.50. The summed E-state index contributed by atoms with van der Waals surface area (Å²) in [7, 11) is 3.30. The highest BCUT2D eigenvalue weighted by atomic mass is 16.5. The lowest BCUT2D eigenvalue weighted by atomic mass is 9.85. The number of rotatable bonds is 4. The Kier molecular flexibility index (Phi) is 4.79. The smallest absolute Gasteiger partial charge is 0.167 e. The van der Waals surface area contributed by atoms with Gasteiger partial charge in [-0.25, -0.2) is 0 Å². The van der Waals surface area contributed by atoms with E-state index in [9.17, 15) is 0 Å². The maximum absolute atomic E-state index is 5.50. The first-order valence-electron chi connectivity index (χ1n) is 6.07. The minimum atomic E-state index is 0.0604. The van der Waals surface area contributed by atoms with Gasteiger partial charge in [-0.2, -0.15) is 0 Å². The molecule has 0 radical (unpaired) electrons. The Labute approximate surface area is 110 Å². The van der Waals surface area contributed by atoms with Crippen molar-refractivity contribution in [1.29, 1.82) is 0 Å². The maximum Gasteiger partial charge on any atom is 0.167 e. The van der Waals surface area contributed by atoms with E-state index in [-0.39, 0.29) is 5.41 Å². The van der Waals surface area contributed by atoms with E-state index in [1.54, 1.807) is 14.2 Å². The number of nitrogens with two attached hydrogens (primary N) is 1. The summed E-state index contributed by atoms with van der Waals surface area (Å²) in [4.78, 5) is 0. The van der Waals surface area contributed by atoms with Gasteiger partial charge in [-0.3, -0.25) is 0 Å². The van der Waals surface area contributed by atoms with Gasteiger partial charge in [0, 0.05) is 12.1 Å². The summed E-state index contributed by atoms with van der Waals surface area (Å²) in [5, 5.41) is 0. The molecule has 0 aliphatic heterocycles. The monoisotopic (exact) mass is 249 g/mol. The second-order valence-electron chi connectivity index (χ2n) is 5.19. The van der Waals surface area contributed by atoms with Gasteiger partial charge in [-0.15, -0.1) is 0 Å². The van der Waals surface area contributed by atoms with E-state index in [4.69, 9.17) is 15.2 Å². The van der Waals surface area contributed by atoms with Crippen LogP contribution < -0.4 is 15.2 Å². The molecule has 100 valence electrons. The Hall–Kier alpha value is -1.48. The minimum absolute atomic E-state index is 0.0604. The van der Waals surface area contributed by atoms with Crippen LogP contribution in [0.5, 0.6) is 11.5 Å². The van der Waals surface area contributed by atoms with Gasteiger partial charge in [-0.1, -0.05) is 32.9 Å². The molecule has 1 aromatic carbocycles. The molecular formula is C15H23NO2. The normalized spacial score (nSPS) is 11.9. The summed E-state index contributed by atoms with van der Waals surface area (Å²) in [6, 6.07) is 4.14. The highest BCUT2D eigenvalue weighted by Gasteiger charge is 2.18. The van der Waals surface area contributed by atoms with Gasteiger partial charge in [-0.05, 0) is 23.1 Å². The highest BCUT2D eigenvalue weighted by Crippen LogP contribution is 2.37. The van der Waals surface area contributed by atoms with Gasteiger partial charge in [0.15, 0.2) is 11.5 Å². The number of ether oxygens (including phenoxy) is 2. The Balaban J connectivity index is 3.40. The summed E-state index contributed by atoms with van der Waals surface area (Å²) < 4.78 is 10.8. The van der Waals surface area contributed by atoms with Crippen molar-refractivity contribution in [1.82, 2.24) is 0 Å². The van der Waals surface area contributed by atoms with Gasteiger partial charge in [0.2, 0.25) is 0 Å². The van der Waals surface area contributed by atoms with E-state index in [1.807, 2.05) is 18.2 Å². The van der Waals surface area contributed by atoms with Crippen molar-refractivity contribution in [3.05, 3.63) is 29.3 Å². The number of benzene rings is 1. The molecule has 3 nitrogen and oxygen atoms in total. The van der Waals surface area contributed by atoms with Gasteiger partial charge in [0.1, 0.15) is 0 Å². The lowest BCUT2D eigenvalue weighted by molar-refractivity contribution is 0.353. The molecule has 0 atom stereocenters. The molecule has 1 rings (SSSR count). The van der Waals surface area contributed by atoms with E-state index >= 15 is 0 Å². The molecule has 0 spiro atoms. The predicted molar refractivity (Wildman–Crippen MR) is 76.3 cm³/mol. The molecular weight excluding hydrogens is 226 g/mol. The van der Waals surface area contributed by atoms with Crippen molar-refractivity contribution in [2.45, 2.75) is 26.2 Å². The first-order chi connectivity index (χ1) is 8.43. The number of methoxy groups -OCH3 is 2. The molecule has 0 aliphatic carbocycles. The van der Waals surface area contributed by atoms with Crippen molar-refractivity contribution in [2.24, 2.45) is 5.73 Å². The lowest BCUT2D eigenvalue weighted by Crippen LogP contribution is -2.12. The van der Waals surface area contributed by atoms with Crippen LogP contribution in [0.4, 0.5) is 0 Å². The van der Waals surface area contributed by atoms with Gasteiger partial charge in [0.05, 0.1) is 14.2 Å². The van der Waals surface area contributed by atoms with E-state index in [2.05, 4.69) is 26.8 Å². The average Bonchev–Trinajstić information content (AvgIpc) is 2.33. The zero-order valence-corrected chi connectivity index (χ0v) is 11.9. The summed E-state index contributed by atoms with van der Waals surface area (Å²) in [5.41, 5.74) is 7.76. The van der Waals surface area contributed by atoms with Gasteiger partial charge < -0.3 is 15.2 Å². The second-order valence-corrected chi connectivity index (χ2v) is 5.19. The van der Waals surface area contributed by atoms with Crippen LogP contribution >= 0.6 is 0 Å². The third kappa shape index (κ3) is 3.26. The molecule has 0 bridgehead atoms. The second kappa shape index (κ2) is 5.91. The molecule has 18 heavy (non-hydrogen) atoms. The van der Waals surface area contributed by atoms with E-state index in [1.165, 1.54) is 5.56 Å².